The Hall–Kier alpha value is -3.55. The number of carbonyl (C=O) groups is 2. The fraction of sp³-hybridized carbons (Fsp3) is 0.423. The van der Waals surface area contributed by atoms with Crippen molar-refractivity contribution in [1.29, 1.82) is 0 Å². The first-order chi connectivity index (χ1) is 16.5. The Balaban J connectivity index is 1.51. The predicted octanol–water partition coefficient (Wildman–Crippen LogP) is 5.18. The molecule has 1 atom stereocenters. The van der Waals surface area contributed by atoms with Gasteiger partial charge in [-0.05, 0) is 48.7 Å². The molecule has 0 saturated carbocycles. The number of rotatable bonds is 13. The molecule has 3 aromatic rings. The van der Waals surface area contributed by atoms with Crippen LogP contribution in [-0.4, -0.2) is 33.4 Å². The summed E-state index contributed by atoms with van der Waals surface area (Å²) in [6.07, 6.45) is 6.77. The molecule has 1 amide bonds. The van der Waals surface area contributed by atoms with Crippen molar-refractivity contribution in [1.82, 2.24) is 20.4 Å². The fourth-order valence-electron chi connectivity index (χ4n) is 3.39. The Bertz CT molecular complexity index is 1050. The standard InChI is InChI=1S/C26H32N4O4/c1-4-5-6-17-33-21-9-7-19(8-10-21)22(31)11-12-23(32)28-24(18(2)3)26-29-25(30-34-26)20-13-15-27-16-14-20/h7-10,13-16,18,24H,4-6,11-12,17H2,1-3H3,(H,28,32). The molecule has 8 heteroatoms. The maximum atomic E-state index is 12.6. The Morgan fingerprint density at radius 3 is 2.44 bits per heavy atom. The second-order valence-electron chi connectivity index (χ2n) is 8.48. The Kier molecular flexibility index (Phi) is 9.31. The van der Waals surface area contributed by atoms with Gasteiger partial charge in [0, 0.05) is 36.4 Å². The lowest BCUT2D eigenvalue weighted by Crippen LogP contribution is -2.32. The number of hydrogen-bond acceptors (Lipinski definition) is 7. The van der Waals surface area contributed by atoms with E-state index < -0.39 is 6.04 Å². The maximum absolute atomic E-state index is 12.6. The number of nitrogens with zero attached hydrogens (tertiary/aromatic N) is 3. The highest BCUT2D eigenvalue weighted by Crippen LogP contribution is 2.23. The van der Waals surface area contributed by atoms with E-state index in [-0.39, 0.29) is 30.4 Å². The molecule has 0 aliphatic rings. The topological polar surface area (TPSA) is 107 Å². The summed E-state index contributed by atoms with van der Waals surface area (Å²) in [4.78, 5) is 33.6. The first-order valence-corrected chi connectivity index (χ1v) is 11.8. The highest BCUT2D eigenvalue weighted by atomic mass is 16.5. The van der Waals surface area contributed by atoms with Crippen molar-refractivity contribution in [2.45, 2.75) is 58.9 Å². The van der Waals surface area contributed by atoms with Crippen molar-refractivity contribution in [2.24, 2.45) is 5.92 Å². The van der Waals surface area contributed by atoms with Gasteiger partial charge in [-0.3, -0.25) is 14.6 Å². The van der Waals surface area contributed by atoms with Gasteiger partial charge in [-0.15, -0.1) is 0 Å². The van der Waals surface area contributed by atoms with Crippen LogP contribution in [0.25, 0.3) is 11.4 Å². The molecule has 180 valence electrons. The zero-order valence-electron chi connectivity index (χ0n) is 20.0. The van der Waals surface area contributed by atoms with Crippen molar-refractivity contribution in [3.63, 3.8) is 0 Å². The molecule has 1 aromatic carbocycles. The molecule has 1 unspecified atom stereocenters. The van der Waals surface area contributed by atoms with Crippen LogP contribution in [0.1, 0.15) is 75.2 Å². The molecule has 0 bridgehead atoms. The van der Waals surface area contributed by atoms with Crippen LogP contribution >= 0.6 is 0 Å². The summed E-state index contributed by atoms with van der Waals surface area (Å²) in [6, 6.07) is 10.2. The number of carbonyl (C=O) groups excluding carboxylic acids is 2. The molecule has 1 N–H and O–H groups in total. The quantitative estimate of drug-likeness (QED) is 0.274. The van der Waals surface area contributed by atoms with Crippen LogP contribution in [0.2, 0.25) is 0 Å². The third-order valence-electron chi connectivity index (χ3n) is 5.40. The van der Waals surface area contributed by atoms with E-state index in [2.05, 4.69) is 27.4 Å². The molecule has 2 heterocycles. The summed E-state index contributed by atoms with van der Waals surface area (Å²) < 4.78 is 11.1. The number of nitrogens with one attached hydrogen (secondary N) is 1. The average molecular weight is 465 g/mol. The monoisotopic (exact) mass is 464 g/mol. The van der Waals surface area contributed by atoms with E-state index in [0.29, 0.717) is 23.9 Å². The van der Waals surface area contributed by atoms with E-state index in [4.69, 9.17) is 9.26 Å². The van der Waals surface area contributed by atoms with Crippen molar-refractivity contribution in [2.75, 3.05) is 6.61 Å². The summed E-state index contributed by atoms with van der Waals surface area (Å²) in [5, 5.41) is 6.94. The van der Waals surface area contributed by atoms with Crippen LogP contribution in [0.4, 0.5) is 0 Å². The smallest absolute Gasteiger partial charge is 0.249 e. The van der Waals surface area contributed by atoms with E-state index in [0.717, 1.165) is 30.6 Å². The van der Waals surface area contributed by atoms with Crippen LogP contribution in [0.15, 0.2) is 53.3 Å². The summed E-state index contributed by atoms with van der Waals surface area (Å²) in [6.45, 7) is 6.73. The zero-order valence-corrected chi connectivity index (χ0v) is 20.0. The molecule has 0 spiro atoms. The number of hydrogen-bond donors (Lipinski definition) is 1. The van der Waals surface area contributed by atoms with Gasteiger partial charge in [0.05, 0.1) is 6.61 Å². The number of Topliss-reactive ketones (excluding diaryl/α,β-unsaturated/α-hetero) is 1. The molecule has 0 aliphatic carbocycles. The van der Waals surface area contributed by atoms with Gasteiger partial charge in [-0.1, -0.05) is 38.8 Å². The Morgan fingerprint density at radius 2 is 1.76 bits per heavy atom. The van der Waals surface area contributed by atoms with Crippen LogP contribution in [0.3, 0.4) is 0 Å². The second kappa shape index (κ2) is 12.6. The van der Waals surface area contributed by atoms with Gasteiger partial charge >= 0.3 is 0 Å². The third kappa shape index (κ3) is 7.23. The second-order valence-corrected chi connectivity index (χ2v) is 8.48. The van der Waals surface area contributed by atoms with Crippen molar-refractivity contribution in [3.8, 4) is 17.1 Å². The van der Waals surface area contributed by atoms with Crippen molar-refractivity contribution >= 4 is 11.7 Å². The number of benzene rings is 1. The normalized spacial score (nSPS) is 11.9. The minimum absolute atomic E-state index is 0.0234. The molecule has 3 rings (SSSR count). The number of amides is 1. The van der Waals surface area contributed by atoms with Crippen LogP contribution in [-0.2, 0) is 4.79 Å². The number of ketones is 1. The highest BCUT2D eigenvalue weighted by molar-refractivity contribution is 5.98. The van der Waals surface area contributed by atoms with E-state index in [1.165, 1.54) is 0 Å². The lowest BCUT2D eigenvalue weighted by Gasteiger charge is -2.18. The molecule has 0 radical (unpaired) electrons. The minimum atomic E-state index is -0.449. The molecule has 0 saturated heterocycles. The van der Waals surface area contributed by atoms with Gasteiger partial charge in [0.2, 0.25) is 17.6 Å². The molecule has 2 aromatic heterocycles. The third-order valence-corrected chi connectivity index (χ3v) is 5.40. The minimum Gasteiger partial charge on any atom is -0.494 e. The van der Waals surface area contributed by atoms with E-state index in [9.17, 15) is 9.59 Å². The largest absolute Gasteiger partial charge is 0.494 e. The molecule has 34 heavy (non-hydrogen) atoms. The first kappa shape index (κ1) is 25.1. The maximum Gasteiger partial charge on any atom is 0.249 e. The number of ether oxygens (including phenoxy) is 1. The SMILES string of the molecule is CCCCCOc1ccc(C(=O)CCC(=O)NC(c2nc(-c3ccncc3)no2)C(C)C)cc1. The van der Waals surface area contributed by atoms with E-state index in [1.807, 2.05) is 13.8 Å². The number of unbranched alkanes of at least 4 members (excludes halogenated alkanes) is 2. The van der Waals surface area contributed by atoms with Crippen molar-refractivity contribution in [3.05, 3.63) is 60.2 Å². The van der Waals surface area contributed by atoms with Gasteiger partial charge in [0.25, 0.3) is 0 Å². The summed E-state index contributed by atoms with van der Waals surface area (Å²) in [5.74, 6) is 1.20. The van der Waals surface area contributed by atoms with Crippen LogP contribution in [0.5, 0.6) is 5.75 Å². The lowest BCUT2D eigenvalue weighted by molar-refractivity contribution is -0.122. The van der Waals surface area contributed by atoms with Gasteiger partial charge in [-0.2, -0.15) is 4.98 Å². The predicted molar refractivity (Wildman–Crippen MR) is 128 cm³/mol. The molecule has 0 aliphatic heterocycles. The van der Waals surface area contributed by atoms with Gasteiger partial charge in [0.1, 0.15) is 11.8 Å². The molecule has 8 nitrogen and oxygen atoms in total. The molecule has 0 fully saturated rings. The summed E-state index contributed by atoms with van der Waals surface area (Å²) in [7, 11) is 0. The van der Waals surface area contributed by atoms with E-state index >= 15 is 0 Å². The fourth-order valence-corrected chi connectivity index (χ4v) is 3.39. The van der Waals surface area contributed by atoms with E-state index in [1.54, 1.807) is 48.8 Å². The Morgan fingerprint density at radius 1 is 1.03 bits per heavy atom. The van der Waals surface area contributed by atoms with Crippen molar-refractivity contribution < 1.29 is 18.8 Å². The molecular formula is C26H32N4O4. The number of pyridine rings is 1. The first-order valence-electron chi connectivity index (χ1n) is 11.8. The van der Waals surface area contributed by atoms with Gasteiger partial charge < -0.3 is 14.6 Å². The van der Waals surface area contributed by atoms with Gasteiger partial charge in [-0.25, -0.2) is 0 Å². The average Bonchev–Trinajstić information content (AvgIpc) is 3.34. The van der Waals surface area contributed by atoms with Crippen LogP contribution in [0, 0.1) is 5.92 Å². The lowest BCUT2D eigenvalue weighted by atomic mass is 10.0. The van der Waals surface area contributed by atoms with Crippen LogP contribution < -0.4 is 10.1 Å². The molecular weight excluding hydrogens is 432 g/mol. The summed E-state index contributed by atoms with van der Waals surface area (Å²) in [5.41, 5.74) is 1.34. The Labute approximate surface area is 200 Å². The number of aromatic nitrogens is 3. The summed E-state index contributed by atoms with van der Waals surface area (Å²) >= 11 is 0. The zero-order chi connectivity index (χ0) is 24.3. The highest BCUT2D eigenvalue weighted by Gasteiger charge is 2.25. The van der Waals surface area contributed by atoms with Gasteiger partial charge in [0.15, 0.2) is 5.78 Å².